The van der Waals surface area contributed by atoms with Gasteiger partial charge in [0.05, 0.1) is 13.2 Å². The minimum atomic E-state index is -0.159. The first-order valence-corrected chi connectivity index (χ1v) is 7.10. The molecule has 1 aliphatic carbocycles. The molecular weight excluding hydrogens is 230 g/mol. The third-order valence-electron chi connectivity index (χ3n) is 4.03. The Labute approximate surface area is 109 Å². The van der Waals surface area contributed by atoms with Crippen LogP contribution in [-0.4, -0.2) is 55.2 Å². The Morgan fingerprint density at radius 1 is 1.44 bits per heavy atom. The van der Waals surface area contributed by atoms with E-state index in [0.29, 0.717) is 25.8 Å². The van der Waals surface area contributed by atoms with Crippen molar-refractivity contribution in [3.8, 4) is 0 Å². The fraction of sp³-hybridized carbons (Fsp3) is 0.923. The summed E-state index contributed by atoms with van der Waals surface area (Å²) in [6, 6.07) is 0.386. The highest BCUT2D eigenvalue weighted by Gasteiger charge is 2.37. The van der Waals surface area contributed by atoms with E-state index in [1.807, 2.05) is 6.92 Å². The SMILES string of the molecule is CCNC(=O)C1COCCN1C1CCCCC1N. The molecule has 0 bridgehead atoms. The molecule has 1 heterocycles. The topological polar surface area (TPSA) is 67.6 Å². The predicted molar refractivity (Wildman–Crippen MR) is 70.2 cm³/mol. The third kappa shape index (κ3) is 3.02. The van der Waals surface area contributed by atoms with E-state index in [-0.39, 0.29) is 18.0 Å². The summed E-state index contributed by atoms with van der Waals surface area (Å²) in [6.45, 7) is 4.63. The summed E-state index contributed by atoms with van der Waals surface area (Å²) in [4.78, 5) is 14.4. The quantitative estimate of drug-likeness (QED) is 0.750. The van der Waals surface area contributed by atoms with Crippen LogP contribution in [0.25, 0.3) is 0 Å². The number of hydrogen-bond acceptors (Lipinski definition) is 4. The van der Waals surface area contributed by atoms with Crippen molar-refractivity contribution in [3.05, 3.63) is 0 Å². The average Bonchev–Trinajstić information content (AvgIpc) is 2.40. The number of hydrogen-bond donors (Lipinski definition) is 2. The minimum Gasteiger partial charge on any atom is -0.378 e. The molecule has 104 valence electrons. The van der Waals surface area contributed by atoms with E-state index in [4.69, 9.17) is 10.5 Å². The highest BCUT2D eigenvalue weighted by Crippen LogP contribution is 2.25. The van der Waals surface area contributed by atoms with Crippen molar-refractivity contribution in [3.63, 3.8) is 0 Å². The first-order chi connectivity index (χ1) is 8.74. The molecule has 0 aromatic rings. The molecule has 1 aliphatic heterocycles. The second-order valence-corrected chi connectivity index (χ2v) is 5.24. The molecule has 2 rings (SSSR count). The average molecular weight is 255 g/mol. The van der Waals surface area contributed by atoms with Crippen molar-refractivity contribution in [1.29, 1.82) is 0 Å². The second kappa shape index (κ2) is 6.50. The largest absolute Gasteiger partial charge is 0.378 e. The summed E-state index contributed by atoms with van der Waals surface area (Å²) in [5, 5.41) is 2.90. The number of morpholine rings is 1. The van der Waals surface area contributed by atoms with E-state index in [9.17, 15) is 4.79 Å². The normalized spacial score (nSPS) is 34.2. The Kier molecular flexibility index (Phi) is 4.97. The van der Waals surface area contributed by atoms with Crippen molar-refractivity contribution in [1.82, 2.24) is 10.2 Å². The van der Waals surface area contributed by atoms with E-state index in [2.05, 4.69) is 10.2 Å². The molecule has 5 heteroatoms. The Bertz CT molecular complexity index is 285. The molecule has 2 aliphatic rings. The van der Waals surface area contributed by atoms with Gasteiger partial charge in [0.1, 0.15) is 6.04 Å². The molecule has 18 heavy (non-hydrogen) atoms. The fourth-order valence-electron chi connectivity index (χ4n) is 3.08. The van der Waals surface area contributed by atoms with Crippen LogP contribution in [0.2, 0.25) is 0 Å². The first-order valence-electron chi connectivity index (χ1n) is 7.10. The summed E-state index contributed by atoms with van der Waals surface area (Å²) in [6.07, 6.45) is 4.62. The lowest BCUT2D eigenvalue weighted by Crippen LogP contribution is -2.61. The van der Waals surface area contributed by atoms with Crippen molar-refractivity contribution >= 4 is 5.91 Å². The summed E-state index contributed by atoms with van der Waals surface area (Å²) in [5.41, 5.74) is 6.23. The van der Waals surface area contributed by atoms with E-state index in [1.54, 1.807) is 0 Å². The molecular formula is C13H25N3O2. The van der Waals surface area contributed by atoms with Crippen molar-refractivity contribution in [2.75, 3.05) is 26.3 Å². The van der Waals surface area contributed by atoms with Gasteiger partial charge in [-0.25, -0.2) is 0 Å². The van der Waals surface area contributed by atoms with Gasteiger partial charge in [-0.1, -0.05) is 12.8 Å². The van der Waals surface area contributed by atoms with Gasteiger partial charge >= 0.3 is 0 Å². The molecule has 5 nitrogen and oxygen atoms in total. The van der Waals surface area contributed by atoms with Gasteiger partial charge in [0.25, 0.3) is 0 Å². The molecule has 1 amide bonds. The van der Waals surface area contributed by atoms with Gasteiger partial charge in [-0.2, -0.15) is 0 Å². The van der Waals surface area contributed by atoms with E-state index < -0.39 is 0 Å². The van der Waals surface area contributed by atoms with Gasteiger partial charge in [0.15, 0.2) is 0 Å². The van der Waals surface area contributed by atoms with Crippen molar-refractivity contribution < 1.29 is 9.53 Å². The zero-order valence-corrected chi connectivity index (χ0v) is 11.2. The number of likely N-dealkylation sites (N-methyl/N-ethyl adjacent to an activating group) is 1. The molecule has 0 aromatic heterocycles. The molecule has 3 unspecified atom stereocenters. The Balaban J connectivity index is 2.04. The summed E-state index contributed by atoms with van der Waals surface area (Å²) < 4.78 is 5.46. The van der Waals surface area contributed by atoms with Gasteiger partial charge in [0, 0.05) is 25.2 Å². The Morgan fingerprint density at radius 3 is 2.94 bits per heavy atom. The van der Waals surface area contributed by atoms with Crippen LogP contribution in [0.15, 0.2) is 0 Å². The van der Waals surface area contributed by atoms with Crippen LogP contribution < -0.4 is 11.1 Å². The molecule has 0 radical (unpaired) electrons. The smallest absolute Gasteiger partial charge is 0.239 e. The monoisotopic (exact) mass is 255 g/mol. The molecule has 1 saturated heterocycles. The standard InChI is InChI=1S/C13H25N3O2/c1-2-15-13(17)12-9-18-8-7-16(12)11-6-4-3-5-10(11)14/h10-12H,2-9,14H2,1H3,(H,15,17). The summed E-state index contributed by atoms with van der Waals surface area (Å²) in [7, 11) is 0. The van der Waals surface area contributed by atoms with Gasteiger partial charge in [-0.3, -0.25) is 9.69 Å². The number of ether oxygens (including phenoxy) is 1. The van der Waals surface area contributed by atoms with Crippen LogP contribution in [0.4, 0.5) is 0 Å². The Hall–Kier alpha value is -0.650. The zero-order chi connectivity index (χ0) is 13.0. The number of rotatable bonds is 3. The van der Waals surface area contributed by atoms with E-state index >= 15 is 0 Å². The summed E-state index contributed by atoms with van der Waals surface area (Å²) >= 11 is 0. The van der Waals surface area contributed by atoms with Crippen LogP contribution in [0.3, 0.4) is 0 Å². The predicted octanol–water partition coefficient (Wildman–Crippen LogP) is 0.0932. The molecule has 2 fully saturated rings. The second-order valence-electron chi connectivity index (χ2n) is 5.24. The van der Waals surface area contributed by atoms with E-state index in [0.717, 1.165) is 19.4 Å². The molecule has 3 N–H and O–H groups in total. The van der Waals surface area contributed by atoms with Crippen LogP contribution in [0.1, 0.15) is 32.6 Å². The molecule has 0 spiro atoms. The highest BCUT2D eigenvalue weighted by molar-refractivity contribution is 5.82. The lowest BCUT2D eigenvalue weighted by Gasteiger charge is -2.44. The first kappa shape index (κ1) is 13.8. The molecule has 3 atom stereocenters. The van der Waals surface area contributed by atoms with Gasteiger partial charge < -0.3 is 15.8 Å². The summed E-state index contributed by atoms with van der Waals surface area (Å²) in [5.74, 6) is 0.0787. The van der Waals surface area contributed by atoms with Crippen LogP contribution in [0, 0.1) is 0 Å². The zero-order valence-electron chi connectivity index (χ0n) is 11.2. The minimum absolute atomic E-state index is 0.0787. The van der Waals surface area contributed by atoms with E-state index in [1.165, 1.54) is 12.8 Å². The highest BCUT2D eigenvalue weighted by atomic mass is 16.5. The number of nitrogens with two attached hydrogens (primary N) is 1. The maximum Gasteiger partial charge on any atom is 0.239 e. The fourth-order valence-corrected chi connectivity index (χ4v) is 3.08. The van der Waals surface area contributed by atoms with Crippen molar-refractivity contribution in [2.24, 2.45) is 5.73 Å². The lowest BCUT2D eigenvalue weighted by atomic mass is 9.88. The van der Waals surface area contributed by atoms with Crippen molar-refractivity contribution in [2.45, 2.75) is 50.7 Å². The van der Waals surface area contributed by atoms with Crippen LogP contribution in [-0.2, 0) is 9.53 Å². The van der Waals surface area contributed by atoms with Crippen LogP contribution in [0.5, 0.6) is 0 Å². The van der Waals surface area contributed by atoms with Crippen LogP contribution >= 0.6 is 0 Å². The number of nitrogens with zero attached hydrogens (tertiary/aromatic N) is 1. The van der Waals surface area contributed by atoms with Gasteiger partial charge in [0.2, 0.25) is 5.91 Å². The Morgan fingerprint density at radius 2 is 2.22 bits per heavy atom. The maximum atomic E-state index is 12.1. The third-order valence-corrected chi connectivity index (χ3v) is 4.03. The van der Waals surface area contributed by atoms with Gasteiger partial charge in [-0.15, -0.1) is 0 Å². The number of nitrogens with one attached hydrogen (secondary N) is 1. The maximum absolute atomic E-state index is 12.1. The molecule has 0 aromatic carbocycles. The van der Waals surface area contributed by atoms with Gasteiger partial charge in [-0.05, 0) is 19.8 Å². The number of amides is 1. The lowest BCUT2D eigenvalue weighted by molar-refractivity contribution is -0.135. The molecule has 1 saturated carbocycles. The number of carbonyl (C=O) groups excluding carboxylic acids is 1. The number of carbonyl (C=O) groups is 1.